The lowest BCUT2D eigenvalue weighted by Crippen LogP contribution is -2.55. The van der Waals surface area contributed by atoms with Crippen molar-refractivity contribution < 1.29 is 19.0 Å². The molecule has 254 valence electrons. The average Bonchev–Trinajstić information content (AvgIpc) is 3.72. The summed E-state index contributed by atoms with van der Waals surface area (Å²) in [6.45, 7) is 7.94. The molecule has 8 rings (SSSR count). The highest BCUT2D eigenvalue weighted by atomic mass is 35.5. The van der Waals surface area contributed by atoms with Gasteiger partial charge in [0.2, 0.25) is 0 Å². The molecule has 2 aromatic heterocycles. The number of rotatable bonds is 7. The second-order valence-electron chi connectivity index (χ2n) is 14.3. The first-order valence-corrected chi connectivity index (χ1v) is 17.8. The van der Waals surface area contributed by atoms with Gasteiger partial charge in [0.25, 0.3) is 0 Å². The molecule has 4 saturated heterocycles. The fraction of sp³-hybridized carbons (Fsp3) is 0.474. The molecule has 4 fully saturated rings. The number of hydrogen-bond acceptors (Lipinski definition) is 7. The lowest BCUT2D eigenvalue weighted by atomic mass is 9.86. The molecule has 11 heteroatoms. The van der Waals surface area contributed by atoms with Crippen LogP contribution >= 0.6 is 11.6 Å². The number of ether oxygens (including phenoxy) is 1. The number of carbonyl (C=O) groups is 1. The molecule has 49 heavy (non-hydrogen) atoms. The van der Waals surface area contributed by atoms with Crippen LogP contribution < -0.4 is 9.64 Å². The Hall–Kier alpha value is -4.20. The van der Waals surface area contributed by atoms with E-state index in [0.717, 1.165) is 57.0 Å². The average molecular weight is 683 g/mol. The monoisotopic (exact) mass is 682 g/mol. The maximum atomic E-state index is 17.0. The van der Waals surface area contributed by atoms with Crippen molar-refractivity contribution in [3.05, 3.63) is 52.9 Å². The van der Waals surface area contributed by atoms with Crippen LogP contribution in [0.4, 0.5) is 15.0 Å². The van der Waals surface area contributed by atoms with Crippen LogP contribution in [0.1, 0.15) is 57.9 Å². The predicted octanol–water partition coefficient (Wildman–Crippen LogP) is 7.23. The lowest BCUT2D eigenvalue weighted by Gasteiger charge is -2.40. The summed E-state index contributed by atoms with van der Waals surface area (Å²) in [7, 11) is 0. The first kappa shape index (κ1) is 32.0. The van der Waals surface area contributed by atoms with Gasteiger partial charge in [0, 0.05) is 43.3 Å². The van der Waals surface area contributed by atoms with Crippen LogP contribution in [0.15, 0.2) is 36.5 Å². The fourth-order valence-corrected chi connectivity index (χ4v) is 9.39. The van der Waals surface area contributed by atoms with Crippen molar-refractivity contribution in [1.82, 2.24) is 24.8 Å². The Kier molecular flexibility index (Phi) is 8.03. The van der Waals surface area contributed by atoms with E-state index in [1.807, 2.05) is 18.2 Å². The van der Waals surface area contributed by atoms with E-state index in [0.29, 0.717) is 64.3 Å². The van der Waals surface area contributed by atoms with E-state index in [1.165, 1.54) is 0 Å². The van der Waals surface area contributed by atoms with Crippen LogP contribution in [0.2, 0.25) is 5.02 Å². The number of fused-ring (bicyclic) bond motifs is 5. The molecule has 2 unspecified atom stereocenters. The van der Waals surface area contributed by atoms with E-state index in [2.05, 4.69) is 34.6 Å². The third-order valence-electron chi connectivity index (χ3n) is 11.6. The van der Waals surface area contributed by atoms with Gasteiger partial charge < -0.3 is 14.7 Å². The molecule has 2 aromatic carbocycles. The Bertz CT molecular complexity index is 1990. The summed E-state index contributed by atoms with van der Waals surface area (Å²) in [6.07, 6.45) is 12.5. The number of piperazine rings is 1. The third-order valence-corrected chi connectivity index (χ3v) is 11.9. The van der Waals surface area contributed by atoms with Crippen molar-refractivity contribution in [3.63, 3.8) is 0 Å². The molecule has 9 nitrogen and oxygen atoms in total. The Morgan fingerprint density at radius 3 is 2.45 bits per heavy atom. The standard InChI is InChI=1S/C38H40ClFN6O3/c1-4-22-14-38(15-23(5-2)18-45(38)17-22)21-49-36-42-34-29(35(43-36)44-19-25-11-12-26(20-44)46(25)37(47)48)16-41-33(32(34)40)28-9-7-8-24-10-13-30(39)27(6-3)31(24)28/h3,7-10,13,16,22-23,25-26H,4-5,11-12,14-15,17-21H2,1-2H3,(H,47,48)/t22?,23?,25-,26+,38?. The minimum Gasteiger partial charge on any atom is -0.465 e. The van der Waals surface area contributed by atoms with E-state index in [-0.39, 0.29) is 34.8 Å². The number of anilines is 1. The van der Waals surface area contributed by atoms with Crippen molar-refractivity contribution in [2.24, 2.45) is 11.8 Å². The highest BCUT2D eigenvalue weighted by molar-refractivity contribution is 6.33. The second-order valence-corrected chi connectivity index (χ2v) is 14.7. The zero-order valence-corrected chi connectivity index (χ0v) is 28.6. The van der Waals surface area contributed by atoms with E-state index >= 15 is 4.39 Å². The maximum absolute atomic E-state index is 17.0. The smallest absolute Gasteiger partial charge is 0.407 e. The van der Waals surface area contributed by atoms with E-state index in [9.17, 15) is 9.90 Å². The molecule has 6 heterocycles. The highest BCUT2D eigenvalue weighted by Gasteiger charge is 2.51. The number of carboxylic acid groups (broad SMARTS) is 1. The molecule has 1 amide bonds. The Morgan fingerprint density at radius 2 is 1.80 bits per heavy atom. The molecule has 0 aliphatic carbocycles. The summed E-state index contributed by atoms with van der Waals surface area (Å²) in [5, 5.41) is 12.2. The van der Waals surface area contributed by atoms with Gasteiger partial charge in [-0.25, -0.2) is 9.18 Å². The lowest BCUT2D eigenvalue weighted by molar-refractivity contribution is 0.107. The van der Waals surface area contributed by atoms with Crippen LogP contribution in [0.25, 0.3) is 32.9 Å². The number of terminal acetylenes is 1. The summed E-state index contributed by atoms with van der Waals surface area (Å²) in [6, 6.07) is 8.92. The molecule has 4 aliphatic rings. The predicted molar refractivity (Wildman–Crippen MR) is 189 cm³/mol. The van der Waals surface area contributed by atoms with Crippen molar-refractivity contribution in [2.75, 3.05) is 37.7 Å². The van der Waals surface area contributed by atoms with E-state index in [4.69, 9.17) is 32.7 Å². The van der Waals surface area contributed by atoms with Gasteiger partial charge in [-0.3, -0.25) is 14.8 Å². The number of halogens is 2. The molecule has 4 aliphatic heterocycles. The second kappa shape index (κ2) is 12.3. The summed E-state index contributed by atoms with van der Waals surface area (Å²) in [5.41, 5.74) is 1.11. The Morgan fingerprint density at radius 1 is 1.08 bits per heavy atom. The molecule has 4 atom stereocenters. The molecule has 4 aromatic rings. The van der Waals surface area contributed by atoms with Crippen molar-refractivity contribution in [1.29, 1.82) is 0 Å². The van der Waals surface area contributed by atoms with Gasteiger partial charge >= 0.3 is 12.1 Å². The summed E-state index contributed by atoms with van der Waals surface area (Å²) < 4.78 is 23.6. The van der Waals surface area contributed by atoms with E-state index in [1.54, 1.807) is 23.2 Å². The zero-order valence-electron chi connectivity index (χ0n) is 27.8. The van der Waals surface area contributed by atoms with Gasteiger partial charge in [-0.15, -0.1) is 6.42 Å². The Balaban J connectivity index is 1.24. The van der Waals surface area contributed by atoms with Crippen LogP contribution in [0.3, 0.4) is 0 Å². The summed E-state index contributed by atoms with van der Waals surface area (Å²) >= 11 is 6.50. The minimum absolute atomic E-state index is 0.0954. The van der Waals surface area contributed by atoms with Crippen LogP contribution in [0, 0.1) is 30.0 Å². The zero-order chi connectivity index (χ0) is 34.0. The summed E-state index contributed by atoms with van der Waals surface area (Å²) in [5.74, 6) is 3.82. The van der Waals surface area contributed by atoms with Crippen molar-refractivity contribution >= 4 is 45.2 Å². The first-order chi connectivity index (χ1) is 23.7. The maximum Gasteiger partial charge on any atom is 0.407 e. The minimum atomic E-state index is -0.907. The highest BCUT2D eigenvalue weighted by Crippen LogP contribution is 2.46. The van der Waals surface area contributed by atoms with Crippen molar-refractivity contribution in [3.8, 4) is 29.6 Å². The van der Waals surface area contributed by atoms with Gasteiger partial charge in [-0.2, -0.15) is 9.97 Å². The third kappa shape index (κ3) is 5.24. The van der Waals surface area contributed by atoms with Crippen LogP contribution in [0.5, 0.6) is 6.01 Å². The quantitative estimate of drug-likeness (QED) is 0.204. The fourth-order valence-electron chi connectivity index (χ4n) is 9.18. The molecule has 1 N–H and O–H groups in total. The number of benzene rings is 2. The Labute approximate surface area is 290 Å². The summed E-state index contributed by atoms with van der Waals surface area (Å²) in [4.78, 5) is 32.6. The largest absolute Gasteiger partial charge is 0.465 e. The molecular formula is C38H40ClFN6O3. The molecule has 0 radical (unpaired) electrons. The first-order valence-electron chi connectivity index (χ1n) is 17.4. The topological polar surface area (TPSA) is 94.9 Å². The number of pyridine rings is 1. The van der Waals surface area contributed by atoms with Gasteiger partial charge in [0.15, 0.2) is 5.82 Å². The molecule has 2 bridgehead atoms. The van der Waals surface area contributed by atoms with E-state index < -0.39 is 11.9 Å². The van der Waals surface area contributed by atoms with Crippen LogP contribution in [-0.2, 0) is 0 Å². The SMILES string of the molecule is C#Cc1c(Cl)ccc2cccc(-c3ncc4c(N5C[C@H]6CC[C@@H](C5)N6C(=O)O)nc(OCC56CC(CC)CN5CC(CC)C6)nc4c3F)c12. The van der Waals surface area contributed by atoms with Gasteiger partial charge in [0.1, 0.15) is 23.6 Å². The van der Waals surface area contributed by atoms with Gasteiger partial charge in [0.05, 0.1) is 33.6 Å². The van der Waals surface area contributed by atoms with Crippen molar-refractivity contribution in [2.45, 2.75) is 70.0 Å². The number of aromatic nitrogens is 3. The number of hydrogen-bond donors (Lipinski definition) is 1. The normalized spacial score (nSPS) is 26.4. The van der Waals surface area contributed by atoms with Gasteiger partial charge in [-0.05, 0) is 49.0 Å². The molecule has 0 saturated carbocycles. The number of nitrogens with zero attached hydrogens (tertiary/aromatic N) is 6. The molecular weight excluding hydrogens is 643 g/mol. The van der Waals surface area contributed by atoms with Crippen LogP contribution in [-0.4, -0.2) is 86.4 Å². The number of amides is 1. The van der Waals surface area contributed by atoms with Gasteiger partial charge in [-0.1, -0.05) is 68.5 Å². The molecule has 0 spiro atoms.